The van der Waals surface area contributed by atoms with E-state index in [9.17, 15) is 13.2 Å². The Labute approximate surface area is 234 Å². The Morgan fingerprint density at radius 1 is 1.20 bits per heavy atom. The number of hydrogen-bond acceptors (Lipinski definition) is 7. The van der Waals surface area contributed by atoms with Crippen molar-refractivity contribution in [1.82, 2.24) is 20.0 Å². The van der Waals surface area contributed by atoms with E-state index in [1.165, 1.54) is 27.9 Å². The van der Waals surface area contributed by atoms with Crippen LogP contribution in [0.1, 0.15) is 21.6 Å². The lowest BCUT2D eigenvalue weighted by Crippen LogP contribution is -2.43. The monoisotopic (exact) mass is 576 g/mol. The number of nitrogens with zero attached hydrogens (tertiary/aromatic N) is 3. The van der Waals surface area contributed by atoms with E-state index < -0.39 is 12.1 Å². The van der Waals surface area contributed by atoms with Crippen LogP contribution in [-0.2, 0) is 27.2 Å². The molecule has 2 N–H and O–H groups in total. The van der Waals surface area contributed by atoms with E-state index in [0.717, 1.165) is 55.3 Å². The number of ether oxygens (including phenoxy) is 2. The fourth-order valence-corrected chi connectivity index (χ4v) is 5.24. The van der Waals surface area contributed by atoms with Gasteiger partial charge in [-0.2, -0.15) is 18.3 Å². The topological polar surface area (TPSA) is 90.9 Å². The summed E-state index contributed by atoms with van der Waals surface area (Å²) >= 11 is 1.65. The average Bonchev–Trinajstić information content (AvgIpc) is 3.63. The van der Waals surface area contributed by atoms with E-state index >= 15 is 0 Å². The number of nitrogens with one attached hydrogen (secondary N) is 1. The molecular weight excluding hydrogens is 545 g/mol. The lowest BCUT2D eigenvalue weighted by Gasteiger charge is -2.32. The molecule has 0 amide bonds. The second-order valence-corrected chi connectivity index (χ2v) is 10.4. The first-order valence-electron chi connectivity index (χ1n) is 12.7. The highest BCUT2D eigenvalue weighted by atomic mass is 32.1. The number of carboxylic acid groups (broad SMARTS) is 1. The summed E-state index contributed by atoms with van der Waals surface area (Å²) in [6, 6.07) is 9.08. The maximum atomic E-state index is 10.6. The van der Waals surface area contributed by atoms with Crippen LogP contribution >= 0.6 is 11.3 Å². The zero-order valence-electron chi connectivity index (χ0n) is 22.3. The molecule has 1 aliphatic heterocycles. The van der Waals surface area contributed by atoms with Crippen LogP contribution < -0.4 is 0 Å². The summed E-state index contributed by atoms with van der Waals surface area (Å²) in [6.45, 7) is 7.15. The second kappa shape index (κ2) is 13.4. The Bertz CT molecular complexity index is 1370. The molecule has 1 aromatic carbocycles. The van der Waals surface area contributed by atoms with Crippen LogP contribution in [0, 0.1) is 11.8 Å². The third-order valence-corrected chi connectivity index (χ3v) is 7.46. The summed E-state index contributed by atoms with van der Waals surface area (Å²) in [5.41, 5.74) is 8.70. The van der Waals surface area contributed by atoms with Crippen molar-refractivity contribution in [1.29, 1.82) is 0 Å². The molecule has 214 valence electrons. The molecule has 0 radical (unpaired) electrons. The number of fused-ring (bicyclic) bond motifs is 3. The highest BCUT2D eigenvalue weighted by Crippen LogP contribution is 2.41. The molecule has 5 rings (SSSR count). The Morgan fingerprint density at radius 3 is 2.65 bits per heavy atom. The lowest BCUT2D eigenvalue weighted by atomic mass is 10.0. The number of aromatic amines is 1. The van der Waals surface area contributed by atoms with Crippen LogP contribution in [0.5, 0.6) is 0 Å². The van der Waals surface area contributed by atoms with Crippen molar-refractivity contribution in [2.45, 2.75) is 19.1 Å². The largest absolute Gasteiger partial charge is 0.490 e. The van der Waals surface area contributed by atoms with Gasteiger partial charge in [-0.3, -0.25) is 10.00 Å². The number of benzene rings is 1. The number of alkyl halides is 3. The van der Waals surface area contributed by atoms with Gasteiger partial charge in [-0.1, -0.05) is 24.0 Å². The molecule has 0 unspecified atom stereocenters. The Balaban J connectivity index is 0.000000470. The van der Waals surface area contributed by atoms with E-state index in [1.807, 2.05) is 0 Å². The highest BCUT2D eigenvalue weighted by molar-refractivity contribution is 7.11. The van der Waals surface area contributed by atoms with Gasteiger partial charge < -0.3 is 19.5 Å². The summed E-state index contributed by atoms with van der Waals surface area (Å²) in [5.74, 6) is 3.51. The summed E-state index contributed by atoms with van der Waals surface area (Å²) < 4.78 is 42.1. The molecule has 3 heterocycles. The van der Waals surface area contributed by atoms with Gasteiger partial charge in [0.2, 0.25) is 0 Å². The molecule has 0 atom stereocenters. The second-order valence-electron chi connectivity index (χ2n) is 9.52. The van der Waals surface area contributed by atoms with Gasteiger partial charge in [0, 0.05) is 68.3 Å². The number of likely N-dealkylation sites (N-methyl/N-ethyl adjacent to an activating group) is 1. The van der Waals surface area contributed by atoms with Gasteiger partial charge in [-0.15, -0.1) is 11.3 Å². The quantitative estimate of drug-likeness (QED) is 0.253. The van der Waals surface area contributed by atoms with Crippen LogP contribution in [0.2, 0.25) is 0 Å². The van der Waals surface area contributed by atoms with Gasteiger partial charge in [0.25, 0.3) is 0 Å². The molecule has 0 bridgehead atoms. The van der Waals surface area contributed by atoms with Gasteiger partial charge >= 0.3 is 12.1 Å². The number of carbonyl (C=O) groups is 1. The van der Waals surface area contributed by atoms with Crippen molar-refractivity contribution in [3.05, 3.63) is 51.2 Å². The number of rotatable bonds is 7. The number of aromatic nitrogens is 2. The van der Waals surface area contributed by atoms with Crippen LogP contribution in [0.25, 0.3) is 22.5 Å². The van der Waals surface area contributed by atoms with Crippen molar-refractivity contribution in [2.75, 3.05) is 60.2 Å². The van der Waals surface area contributed by atoms with Crippen molar-refractivity contribution >= 4 is 17.3 Å². The zero-order chi connectivity index (χ0) is 28.7. The van der Waals surface area contributed by atoms with E-state index in [2.05, 4.69) is 68.5 Å². The van der Waals surface area contributed by atoms with Gasteiger partial charge in [-0.25, -0.2) is 4.79 Å². The maximum absolute atomic E-state index is 10.6. The van der Waals surface area contributed by atoms with Gasteiger partial charge in [0.15, 0.2) is 0 Å². The molecule has 1 fully saturated rings. The number of H-pyrrole nitrogens is 1. The van der Waals surface area contributed by atoms with E-state index in [1.54, 1.807) is 18.4 Å². The predicted octanol–water partition coefficient (Wildman–Crippen LogP) is 4.10. The van der Waals surface area contributed by atoms with E-state index in [4.69, 9.17) is 19.4 Å². The minimum Gasteiger partial charge on any atom is -0.475 e. The van der Waals surface area contributed by atoms with E-state index in [0.29, 0.717) is 19.8 Å². The number of thiophene rings is 1. The number of hydrogen-bond donors (Lipinski definition) is 2. The maximum Gasteiger partial charge on any atom is 0.490 e. The molecule has 2 aromatic heterocycles. The Hall–Kier alpha value is -3.21. The molecule has 2 aliphatic rings. The standard InChI is InChI=1S/C26H30N4O2S.C2HF3O2/c1-29-7-9-30(10-8-29)17-19-5-6-20-16-24-25(27-28-26(24)23(20)14-19)21-15-22(33-18-21)4-3-11-32-13-12-31-2;3-2(4,5)1(6)7/h5-6,14-15,18H,7-13,16-17H2,1-2H3,(H,27,28);(H,6,7). The predicted molar refractivity (Wildman–Crippen MR) is 146 cm³/mol. The molecule has 1 aliphatic carbocycles. The number of piperazine rings is 1. The van der Waals surface area contributed by atoms with Gasteiger partial charge in [-0.05, 0) is 30.3 Å². The van der Waals surface area contributed by atoms with Crippen LogP contribution in [0.3, 0.4) is 0 Å². The summed E-state index contributed by atoms with van der Waals surface area (Å²) in [4.78, 5) is 14.9. The van der Waals surface area contributed by atoms with Crippen molar-refractivity contribution < 1.29 is 32.5 Å². The van der Waals surface area contributed by atoms with E-state index in [-0.39, 0.29) is 0 Å². The molecule has 0 saturated carbocycles. The fraction of sp³-hybridized carbons (Fsp3) is 0.429. The summed E-state index contributed by atoms with van der Waals surface area (Å²) in [7, 11) is 3.87. The van der Waals surface area contributed by atoms with Crippen LogP contribution in [0.15, 0.2) is 29.6 Å². The van der Waals surface area contributed by atoms with Crippen molar-refractivity contribution in [2.24, 2.45) is 0 Å². The Kier molecular flexibility index (Phi) is 9.99. The first-order chi connectivity index (χ1) is 19.2. The normalized spacial score (nSPS) is 15.0. The molecule has 8 nitrogen and oxygen atoms in total. The van der Waals surface area contributed by atoms with Crippen LogP contribution in [0.4, 0.5) is 13.2 Å². The van der Waals surface area contributed by atoms with Crippen LogP contribution in [-0.4, -0.2) is 97.4 Å². The van der Waals surface area contributed by atoms with Gasteiger partial charge in [0.05, 0.1) is 29.5 Å². The minimum absolute atomic E-state index is 0.417. The smallest absolute Gasteiger partial charge is 0.475 e. The third kappa shape index (κ3) is 7.71. The van der Waals surface area contributed by atoms with Crippen molar-refractivity contribution in [3.8, 4) is 34.4 Å². The zero-order valence-corrected chi connectivity index (χ0v) is 23.1. The summed E-state index contributed by atoms with van der Waals surface area (Å²) in [5, 5.41) is 17.3. The Morgan fingerprint density at radius 2 is 1.95 bits per heavy atom. The molecule has 40 heavy (non-hydrogen) atoms. The number of carboxylic acids is 1. The first kappa shape index (κ1) is 29.8. The highest BCUT2D eigenvalue weighted by Gasteiger charge is 2.38. The SMILES string of the molecule is COCCOCC#Cc1cc(-c2n[nH]c3c2Cc2ccc(CN4CCN(C)CC4)cc2-3)cs1.O=C(O)C(F)(F)F. The molecule has 0 spiro atoms. The van der Waals surface area contributed by atoms with Crippen molar-refractivity contribution in [3.63, 3.8) is 0 Å². The lowest BCUT2D eigenvalue weighted by molar-refractivity contribution is -0.192. The number of halogens is 3. The number of aliphatic carboxylic acids is 1. The first-order valence-corrected chi connectivity index (χ1v) is 13.6. The minimum atomic E-state index is -5.08. The molecule has 1 saturated heterocycles. The molecule has 3 aromatic rings. The number of methoxy groups -OCH3 is 1. The van der Waals surface area contributed by atoms with Gasteiger partial charge in [0.1, 0.15) is 6.61 Å². The fourth-order valence-electron chi connectivity index (χ4n) is 4.48. The molecule has 12 heteroatoms. The molecular formula is C28H31F3N4O4S. The summed E-state index contributed by atoms with van der Waals surface area (Å²) in [6.07, 6.45) is -4.16. The average molecular weight is 577 g/mol. The third-order valence-electron chi connectivity index (χ3n) is 6.61.